The van der Waals surface area contributed by atoms with E-state index in [1.807, 2.05) is 121 Å². The van der Waals surface area contributed by atoms with Gasteiger partial charge < -0.3 is 5.73 Å². The Hall–Kier alpha value is -8.53. The molecule has 3 N–H and O–H groups in total. The van der Waals surface area contributed by atoms with Crippen LogP contribution in [0.3, 0.4) is 0 Å². The van der Waals surface area contributed by atoms with Crippen LogP contribution < -0.4 is 5.73 Å². The van der Waals surface area contributed by atoms with E-state index in [1.54, 1.807) is 36.8 Å². The molecule has 392 valence electrons. The molecular formula is C64H60Br2FN11. The van der Waals surface area contributed by atoms with Crippen molar-refractivity contribution in [1.82, 2.24) is 19.9 Å². The first-order valence-electron chi connectivity index (χ1n) is 24.5. The van der Waals surface area contributed by atoms with Gasteiger partial charge in [-0.2, -0.15) is 25.4 Å². The second-order valence-electron chi connectivity index (χ2n) is 18.3. The van der Waals surface area contributed by atoms with Gasteiger partial charge in [-0.05, 0) is 105 Å². The average molecular weight is 1160 g/mol. The lowest BCUT2D eigenvalue weighted by Crippen LogP contribution is -2.05. The molecule has 4 heterocycles. The molecule has 0 atom stereocenters. The van der Waals surface area contributed by atoms with Crippen molar-refractivity contribution >= 4 is 54.7 Å². The number of benzene rings is 4. The Labute approximate surface area is 474 Å². The van der Waals surface area contributed by atoms with Gasteiger partial charge >= 0.3 is 0 Å². The number of nitrogens with two attached hydrogens (primary N) is 1. The van der Waals surface area contributed by atoms with Gasteiger partial charge in [0.05, 0.1) is 74.7 Å². The number of aliphatic imine (C=N–C) groups is 1. The molecule has 4 aliphatic rings. The number of hydrogen-bond acceptors (Lipinski definition) is 11. The summed E-state index contributed by atoms with van der Waals surface area (Å²) in [5.41, 5.74) is 14.2. The number of nitriles is 4. The van der Waals surface area contributed by atoms with E-state index in [9.17, 15) is 9.65 Å². The van der Waals surface area contributed by atoms with E-state index >= 15 is 0 Å². The number of hydrogen-bond donors (Lipinski definition) is 2. The van der Waals surface area contributed by atoms with Crippen molar-refractivity contribution in [1.29, 1.82) is 26.5 Å². The molecule has 8 aromatic rings. The third-order valence-electron chi connectivity index (χ3n) is 12.5. The van der Waals surface area contributed by atoms with Crippen molar-refractivity contribution in [2.24, 2.45) is 10.9 Å². The van der Waals surface area contributed by atoms with Crippen LogP contribution in [-0.4, -0.2) is 31.4 Å². The Morgan fingerprint density at radius 1 is 0.513 bits per heavy atom. The summed E-state index contributed by atoms with van der Waals surface area (Å²) in [6.07, 6.45) is 14.3. The summed E-state index contributed by atoms with van der Waals surface area (Å²) >= 11 is 6.44. The summed E-state index contributed by atoms with van der Waals surface area (Å²) in [7, 11) is 0. The second-order valence-corrected chi connectivity index (χ2v) is 20.1. The molecule has 11 nitrogen and oxygen atoms in total. The summed E-state index contributed by atoms with van der Waals surface area (Å²) in [4.78, 5) is 21.0. The fraction of sp³-hybridized carbons (Fsp3) is 0.219. The molecule has 0 spiro atoms. The molecule has 0 amide bonds. The Balaban J connectivity index is 0.000000183. The lowest BCUT2D eigenvalue weighted by Gasteiger charge is -2.09. The van der Waals surface area contributed by atoms with E-state index in [2.05, 4.69) is 100 Å². The summed E-state index contributed by atoms with van der Waals surface area (Å²) in [5, 5.41) is 43.1. The van der Waals surface area contributed by atoms with Gasteiger partial charge in [-0.25, -0.2) is 9.98 Å². The number of nitrogens with one attached hydrogen (secondary N) is 1. The number of rotatable bonds is 8. The topological polar surface area (TPSA) is 209 Å². The fourth-order valence-electron chi connectivity index (χ4n) is 7.36. The SMILES string of the molecule is C.C.Fc1cc(Br)ccn1.N#CC1(c2cc(Br)ccn2)CC1.N#CC1(c2cc(N)ccn2)CC1.N#CC1(c2cc(N=C(c3ccccc3)c3ccccc3)ccn2)CC1.N#CC1CC1.N=C(c1ccccc1)c1ccccc1. The maximum absolute atomic E-state index is 12.0. The van der Waals surface area contributed by atoms with E-state index in [4.69, 9.17) is 31.9 Å². The third kappa shape index (κ3) is 17.5. The Morgan fingerprint density at radius 2 is 0.885 bits per heavy atom. The summed E-state index contributed by atoms with van der Waals surface area (Å²) < 4.78 is 13.7. The highest BCUT2D eigenvalue weighted by Gasteiger charge is 2.47. The molecule has 4 saturated carbocycles. The molecule has 0 aliphatic heterocycles. The van der Waals surface area contributed by atoms with E-state index in [1.165, 1.54) is 12.3 Å². The van der Waals surface area contributed by atoms with Crippen LogP contribution in [0.25, 0.3) is 0 Å². The zero-order valence-electron chi connectivity index (χ0n) is 41.4. The lowest BCUT2D eigenvalue weighted by molar-refractivity contribution is 0.583. The molecule has 0 unspecified atom stereocenters. The van der Waals surface area contributed by atoms with Crippen molar-refractivity contribution < 1.29 is 4.39 Å². The Bertz CT molecular complexity index is 3240. The molecule has 12 rings (SSSR count). The first-order chi connectivity index (χ1) is 36.9. The number of halogens is 3. The first-order valence-corrected chi connectivity index (χ1v) is 26.1. The van der Waals surface area contributed by atoms with Crippen molar-refractivity contribution in [3.8, 4) is 24.3 Å². The number of anilines is 1. The molecule has 4 fully saturated rings. The largest absolute Gasteiger partial charge is 0.399 e. The first kappa shape index (κ1) is 60.3. The minimum absolute atomic E-state index is 0. The van der Waals surface area contributed by atoms with Gasteiger partial charge in [0.25, 0.3) is 0 Å². The number of aromatic nitrogens is 4. The molecule has 4 aromatic carbocycles. The van der Waals surface area contributed by atoms with Gasteiger partial charge in [0.15, 0.2) is 0 Å². The van der Waals surface area contributed by atoms with E-state index in [0.717, 1.165) is 107 Å². The van der Waals surface area contributed by atoms with Gasteiger partial charge in [0, 0.05) is 62.5 Å². The average Bonchev–Trinajstić information content (AvgIpc) is 4.28. The maximum Gasteiger partial charge on any atom is 0.213 e. The molecule has 0 radical (unpaired) electrons. The molecule has 14 heteroatoms. The van der Waals surface area contributed by atoms with Crippen molar-refractivity contribution in [2.45, 2.75) is 82.5 Å². The van der Waals surface area contributed by atoms with Gasteiger partial charge in [0.2, 0.25) is 5.95 Å². The maximum atomic E-state index is 12.0. The third-order valence-corrected chi connectivity index (χ3v) is 13.5. The predicted molar refractivity (Wildman–Crippen MR) is 315 cm³/mol. The van der Waals surface area contributed by atoms with Crippen LogP contribution in [0.15, 0.2) is 209 Å². The van der Waals surface area contributed by atoms with Crippen LogP contribution in [0, 0.1) is 62.6 Å². The summed E-state index contributed by atoms with van der Waals surface area (Å²) in [5.74, 6) is -0.0191. The van der Waals surface area contributed by atoms with E-state index in [-0.39, 0.29) is 25.7 Å². The number of pyridine rings is 4. The van der Waals surface area contributed by atoms with Crippen molar-refractivity contribution in [2.75, 3.05) is 5.73 Å². The van der Waals surface area contributed by atoms with E-state index < -0.39 is 11.4 Å². The monoisotopic (exact) mass is 1160 g/mol. The van der Waals surface area contributed by atoms with Crippen LogP contribution in [0.4, 0.5) is 15.8 Å². The fourth-order valence-corrected chi connectivity index (χ4v) is 8.00. The second kappa shape index (κ2) is 29.1. The lowest BCUT2D eigenvalue weighted by atomic mass is 10.0. The van der Waals surface area contributed by atoms with Crippen LogP contribution >= 0.6 is 31.9 Å². The van der Waals surface area contributed by atoms with Gasteiger partial charge in [-0.15, -0.1) is 0 Å². The quantitative estimate of drug-likeness (QED) is 0.109. The number of nitrogens with zero attached hydrogens (tertiary/aromatic N) is 9. The summed E-state index contributed by atoms with van der Waals surface area (Å²) in [6.45, 7) is 0. The molecular weight excluding hydrogens is 1100 g/mol. The number of nitrogen functional groups attached to an aromatic ring is 1. The van der Waals surface area contributed by atoms with Gasteiger partial charge in [-0.1, -0.05) is 168 Å². The molecule has 78 heavy (non-hydrogen) atoms. The molecule has 0 bridgehead atoms. The van der Waals surface area contributed by atoms with E-state index in [0.29, 0.717) is 21.8 Å². The van der Waals surface area contributed by atoms with Crippen molar-refractivity contribution in [3.05, 3.63) is 249 Å². The minimum atomic E-state index is -0.459. The highest BCUT2D eigenvalue weighted by Crippen LogP contribution is 2.48. The molecule has 0 saturated heterocycles. The smallest absolute Gasteiger partial charge is 0.213 e. The van der Waals surface area contributed by atoms with Crippen molar-refractivity contribution in [3.63, 3.8) is 0 Å². The van der Waals surface area contributed by atoms with Crippen LogP contribution in [0.2, 0.25) is 0 Å². The van der Waals surface area contributed by atoms with Crippen LogP contribution in [0.1, 0.15) is 106 Å². The minimum Gasteiger partial charge on any atom is -0.399 e. The van der Waals surface area contributed by atoms with Crippen LogP contribution in [0.5, 0.6) is 0 Å². The standard InChI is InChI=1S/C22H17N3.C13H11N.C9H7BrN2.C9H9N3.C5H3BrFN.C4H5N.2CH4/c23-16-22(12-13-22)20-15-19(11-14-24-20)25-21(17-7-3-1-4-8-17)18-9-5-2-6-10-18;14-13(11-7-3-1-4-8-11)12-9-5-2-6-10-12;10-7-1-4-12-8(5-7)9(6-11)2-3-9;10-6-9(2-3-9)8-5-7(11)1-4-12-8;6-4-1-2-8-5(7)3-4;5-3-4-1-2-4;;/h1-11,14-15H,12-13H2;1-10,14H;1,4-5H,2-3H2;1,4-5H,2-3H2,(H2,11,12);1-3H;4H,1-2H2;2*1H4. The molecule has 4 aromatic heterocycles. The summed E-state index contributed by atoms with van der Waals surface area (Å²) in [6, 6.07) is 63.1. The van der Waals surface area contributed by atoms with Crippen LogP contribution in [-0.2, 0) is 16.2 Å². The highest BCUT2D eigenvalue weighted by molar-refractivity contribution is 9.10. The molecule has 4 aliphatic carbocycles. The van der Waals surface area contributed by atoms with Gasteiger partial charge in [0.1, 0.15) is 0 Å². The zero-order chi connectivity index (χ0) is 53.8. The Morgan fingerprint density at radius 3 is 1.22 bits per heavy atom. The Kier molecular flexibility index (Phi) is 22.5. The highest BCUT2D eigenvalue weighted by atomic mass is 79.9. The normalized spacial score (nSPS) is 14.3. The predicted octanol–water partition coefficient (Wildman–Crippen LogP) is 15.7. The van der Waals surface area contributed by atoms with Gasteiger partial charge in [-0.3, -0.25) is 20.4 Å². The zero-order valence-corrected chi connectivity index (χ0v) is 44.6.